The number of methoxy groups -OCH3 is 1. The van der Waals surface area contributed by atoms with Gasteiger partial charge in [-0.25, -0.2) is 0 Å². The van der Waals surface area contributed by atoms with E-state index in [-0.39, 0.29) is 5.60 Å². The summed E-state index contributed by atoms with van der Waals surface area (Å²) in [6.07, 6.45) is 2.32. The van der Waals surface area contributed by atoms with E-state index in [4.69, 9.17) is 4.74 Å². The lowest BCUT2D eigenvalue weighted by molar-refractivity contribution is 0.0116. The molecule has 0 atom stereocenters. The van der Waals surface area contributed by atoms with Gasteiger partial charge in [0, 0.05) is 17.8 Å². The van der Waals surface area contributed by atoms with Crippen LogP contribution in [0.2, 0.25) is 0 Å². The Labute approximate surface area is 92.5 Å². The number of alkyl halides is 2. The van der Waals surface area contributed by atoms with E-state index >= 15 is 0 Å². The molecular formula is C9H18Br2O. The molecule has 0 N–H and O–H groups in total. The third kappa shape index (κ3) is 5.55. The molecular weight excluding hydrogens is 284 g/mol. The molecule has 12 heavy (non-hydrogen) atoms. The quantitative estimate of drug-likeness (QED) is 0.681. The van der Waals surface area contributed by atoms with Gasteiger partial charge in [-0.2, -0.15) is 0 Å². The number of halogens is 2. The van der Waals surface area contributed by atoms with Crippen molar-refractivity contribution in [3.63, 3.8) is 0 Å². The third-order valence-corrected chi connectivity index (χ3v) is 3.98. The standard InChI is InChI=1S/C9H18Br2O/c1-9(2,12-3)5-4-8(6-10)7-11/h8H,4-7H2,1-3H3. The second-order valence-corrected chi connectivity index (χ2v) is 4.97. The van der Waals surface area contributed by atoms with Gasteiger partial charge in [0.2, 0.25) is 0 Å². The first-order valence-corrected chi connectivity index (χ1v) is 6.47. The molecule has 1 nitrogen and oxygen atoms in total. The number of hydrogen-bond donors (Lipinski definition) is 0. The first-order valence-electron chi connectivity index (χ1n) is 4.23. The van der Waals surface area contributed by atoms with Crippen LogP contribution in [-0.4, -0.2) is 23.4 Å². The van der Waals surface area contributed by atoms with Crippen LogP contribution in [0.15, 0.2) is 0 Å². The van der Waals surface area contributed by atoms with Crippen LogP contribution in [0.3, 0.4) is 0 Å². The molecule has 0 saturated carbocycles. The summed E-state index contributed by atoms with van der Waals surface area (Å²) < 4.78 is 5.35. The molecule has 0 unspecified atom stereocenters. The van der Waals surface area contributed by atoms with E-state index in [0.29, 0.717) is 0 Å². The van der Waals surface area contributed by atoms with Crippen molar-refractivity contribution >= 4 is 31.9 Å². The minimum Gasteiger partial charge on any atom is -0.379 e. The summed E-state index contributed by atoms with van der Waals surface area (Å²) in [5.74, 6) is 0.722. The largest absolute Gasteiger partial charge is 0.379 e. The molecule has 3 heteroatoms. The zero-order chi connectivity index (χ0) is 9.61. The molecule has 0 aliphatic heterocycles. The highest BCUT2D eigenvalue weighted by Gasteiger charge is 2.18. The number of ether oxygens (including phenoxy) is 1. The Morgan fingerprint density at radius 3 is 2.08 bits per heavy atom. The molecule has 0 aromatic rings. The SMILES string of the molecule is COC(C)(C)CCC(CBr)CBr. The zero-order valence-electron chi connectivity index (χ0n) is 8.07. The summed E-state index contributed by atoms with van der Waals surface area (Å²) in [7, 11) is 1.78. The Hall–Kier alpha value is 0.920. The Bertz CT molecular complexity index is 111. The van der Waals surface area contributed by atoms with Gasteiger partial charge in [0.25, 0.3) is 0 Å². The van der Waals surface area contributed by atoms with Gasteiger partial charge in [0.1, 0.15) is 0 Å². The maximum absolute atomic E-state index is 5.35. The van der Waals surface area contributed by atoms with Crippen LogP contribution in [0.4, 0.5) is 0 Å². The lowest BCUT2D eigenvalue weighted by Gasteiger charge is -2.24. The summed E-state index contributed by atoms with van der Waals surface area (Å²) in [5, 5.41) is 2.14. The Morgan fingerprint density at radius 2 is 1.75 bits per heavy atom. The lowest BCUT2D eigenvalue weighted by atomic mass is 9.97. The predicted octanol–water partition coefficient (Wildman–Crippen LogP) is 3.60. The molecule has 74 valence electrons. The minimum absolute atomic E-state index is 0.0303. The smallest absolute Gasteiger partial charge is 0.0622 e. The van der Waals surface area contributed by atoms with E-state index in [1.165, 1.54) is 6.42 Å². The van der Waals surface area contributed by atoms with Crippen LogP contribution in [-0.2, 0) is 4.74 Å². The lowest BCUT2D eigenvalue weighted by Crippen LogP contribution is -2.23. The fraction of sp³-hybridized carbons (Fsp3) is 1.00. The molecule has 0 spiro atoms. The van der Waals surface area contributed by atoms with Gasteiger partial charge in [0.05, 0.1) is 5.60 Å². The maximum atomic E-state index is 5.35. The topological polar surface area (TPSA) is 9.23 Å². The van der Waals surface area contributed by atoms with Crippen LogP contribution < -0.4 is 0 Å². The monoisotopic (exact) mass is 300 g/mol. The highest BCUT2D eigenvalue weighted by atomic mass is 79.9. The highest BCUT2D eigenvalue weighted by molar-refractivity contribution is 9.09. The molecule has 0 rings (SSSR count). The molecule has 0 amide bonds. The van der Waals surface area contributed by atoms with E-state index < -0.39 is 0 Å². The van der Waals surface area contributed by atoms with E-state index in [1.54, 1.807) is 7.11 Å². The Balaban J connectivity index is 3.65. The summed E-state index contributed by atoms with van der Waals surface area (Å²) >= 11 is 6.99. The fourth-order valence-corrected chi connectivity index (χ4v) is 2.57. The van der Waals surface area contributed by atoms with E-state index in [9.17, 15) is 0 Å². The summed E-state index contributed by atoms with van der Waals surface area (Å²) in [6, 6.07) is 0. The maximum Gasteiger partial charge on any atom is 0.0622 e. The van der Waals surface area contributed by atoms with Crippen LogP contribution >= 0.6 is 31.9 Å². The zero-order valence-corrected chi connectivity index (χ0v) is 11.2. The van der Waals surface area contributed by atoms with Gasteiger partial charge in [-0.3, -0.25) is 0 Å². The normalized spacial score (nSPS) is 12.5. The Morgan fingerprint density at radius 1 is 1.25 bits per heavy atom. The van der Waals surface area contributed by atoms with Gasteiger partial charge in [-0.1, -0.05) is 31.9 Å². The van der Waals surface area contributed by atoms with Crippen LogP contribution in [0.1, 0.15) is 26.7 Å². The molecule has 0 aromatic carbocycles. The summed E-state index contributed by atoms with van der Waals surface area (Å²) in [4.78, 5) is 0. The fourth-order valence-electron chi connectivity index (χ4n) is 0.849. The van der Waals surface area contributed by atoms with Crippen molar-refractivity contribution in [3.8, 4) is 0 Å². The predicted molar refractivity (Wildman–Crippen MR) is 61.4 cm³/mol. The van der Waals surface area contributed by atoms with Crippen molar-refractivity contribution in [2.75, 3.05) is 17.8 Å². The highest BCUT2D eigenvalue weighted by Crippen LogP contribution is 2.21. The van der Waals surface area contributed by atoms with Gasteiger partial charge in [-0.05, 0) is 32.6 Å². The van der Waals surface area contributed by atoms with Crippen LogP contribution in [0.5, 0.6) is 0 Å². The number of rotatable bonds is 6. The molecule has 0 aliphatic carbocycles. The molecule has 0 fully saturated rings. The average molecular weight is 302 g/mol. The van der Waals surface area contributed by atoms with E-state index in [0.717, 1.165) is 23.0 Å². The van der Waals surface area contributed by atoms with Crippen LogP contribution in [0.25, 0.3) is 0 Å². The molecule has 0 bridgehead atoms. The first kappa shape index (κ1) is 12.9. The van der Waals surface area contributed by atoms with Crippen molar-refractivity contribution in [2.24, 2.45) is 5.92 Å². The van der Waals surface area contributed by atoms with E-state index in [2.05, 4.69) is 45.7 Å². The molecule has 0 aliphatic rings. The van der Waals surface area contributed by atoms with Crippen molar-refractivity contribution in [3.05, 3.63) is 0 Å². The Kier molecular flexibility index (Phi) is 6.87. The second-order valence-electron chi connectivity index (χ2n) is 3.68. The van der Waals surface area contributed by atoms with Crippen LogP contribution in [0, 0.1) is 5.92 Å². The molecule has 0 radical (unpaired) electrons. The second kappa shape index (κ2) is 6.39. The molecule has 0 aromatic heterocycles. The third-order valence-electron chi connectivity index (χ3n) is 2.14. The van der Waals surface area contributed by atoms with Crippen molar-refractivity contribution in [1.29, 1.82) is 0 Å². The van der Waals surface area contributed by atoms with Gasteiger partial charge in [0.15, 0.2) is 0 Å². The first-order chi connectivity index (χ1) is 5.55. The van der Waals surface area contributed by atoms with Gasteiger partial charge >= 0.3 is 0 Å². The van der Waals surface area contributed by atoms with Crippen molar-refractivity contribution in [2.45, 2.75) is 32.3 Å². The van der Waals surface area contributed by atoms with Crippen molar-refractivity contribution < 1.29 is 4.74 Å². The summed E-state index contributed by atoms with van der Waals surface area (Å²) in [5.41, 5.74) is 0.0303. The van der Waals surface area contributed by atoms with Gasteiger partial charge in [-0.15, -0.1) is 0 Å². The van der Waals surface area contributed by atoms with Gasteiger partial charge < -0.3 is 4.74 Å². The average Bonchev–Trinajstić information content (AvgIpc) is 2.06. The number of hydrogen-bond acceptors (Lipinski definition) is 1. The molecule has 0 saturated heterocycles. The van der Waals surface area contributed by atoms with E-state index in [1.807, 2.05) is 0 Å². The van der Waals surface area contributed by atoms with Crippen molar-refractivity contribution in [1.82, 2.24) is 0 Å². The molecule has 0 heterocycles. The summed E-state index contributed by atoms with van der Waals surface area (Å²) in [6.45, 7) is 4.26. The minimum atomic E-state index is 0.0303.